The first-order valence-electron chi connectivity index (χ1n) is 8.42. The first-order chi connectivity index (χ1) is 12.7. The first-order valence-corrected chi connectivity index (χ1v) is 8.42. The van der Waals surface area contributed by atoms with Gasteiger partial charge in [0.25, 0.3) is 5.91 Å². The molecule has 0 unspecified atom stereocenters. The second-order valence-electron chi connectivity index (χ2n) is 6.17. The molecule has 1 amide bonds. The molecular formula is C19H18FN3O3. The number of benzene rings is 1. The number of fused-ring (bicyclic) bond motifs is 1. The molecule has 1 aliphatic heterocycles. The number of carbonyl (C=O) groups is 1. The average molecular weight is 355 g/mol. The van der Waals surface area contributed by atoms with Crippen molar-refractivity contribution in [3.63, 3.8) is 0 Å². The summed E-state index contributed by atoms with van der Waals surface area (Å²) in [6, 6.07) is 9.18. The number of nitrogens with zero attached hydrogens (tertiary/aromatic N) is 2. The second kappa shape index (κ2) is 7.13. The summed E-state index contributed by atoms with van der Waals surface area (Å²) in [4.78, 5) is 16.8. The van der Waals surface area contributed by atoms with Crippen LogP contribution in [-0.2, 0) is 4.74 Å². The highest BCUT2D eigenvalue weighted by Gasteiger charge is 2.29. The number of aromatic nitrogens is 2. The van der Waals surface area contributed by atoms with E-state index >= 15 is 0 Å². The van der Waals surface area contributed by atoms with E-state index in [4.69, 9.17) is 9.47 Å². The van der Waals surface area contributed by atoms with Crippen molar-refractivity contribution in [2.75, 3.05) is 13.2 Å². The lowest BCUT2D eigenvalue weighted by atomic mass is 10.1. The number of rotatable bonds is 4. The molecular weight excluding hydrogens is 337 g/mol. The monoisotopic (exact) mass is 355 g/mol. The van der Waals surface area contributed by atoms with Gasteiger partial charge in [0.05, 0.1) is 24.8 Å². The maximum atomic E-state index is 13.4. The van der Waals surface area contributed by atoms with E-state index in [9.17, 15) is 9.18 Å². The van der Waals surface area contributed by atoms with Gasteiger partial charge < -0.3 is 19.2 Å². The van der Waals surface area contributed by atoms with Crippen molar-refractivity contribution in [3.8, 4) is 5.75 Å². The maximum Gasteiger partial charge on any atom is 0.253 e. The third-order valence-electron chi connectivity index (χ3n) is 4.34. The fraction of sp³-hybridized carbons (Fsp3) is 0.263. The number of imidazole rings is 1. The van der Waals surface area contributed by atoms with Gasteiger partial charge in [0.1, 0.15) is 23.3 Å². The van der Waals surface area contributed by atoms with Crippen LogP contribution in [0.5, 0.6) is 5.75 Å². The van der Waals surface area contributed by atoms with E-state index in [1.54, 1.807) is 47.3 Å². The molecule has 3 heterocycles. The Kier molecular flexibility index (Phi) is 4.53. The highest BCUT2D eigenvalue weighted by atomic mass is 19.1. The van der Waals surface area contributed by atoms with Crippen LogP contribution >= 0.6 is 0 Å². The van der Waals surface area contributed by atoms with Crippen LogP contribution in [0.1, 0.15) is 16.8 Å². The third-order valence-corrected chi connectivity index (χ3v) is 4.34. The summed E-state index contributed by atoms with van der Waals surface area (Å²) in [6.45, 7) is 0.881. The zero-order valence-corrected chi connectivity index (χ0v) is 14.0. The molecule has 1 fully saturated rings. The van der Waals surface area contributed by atoms with E-state index in [1.807, 2.05) is 0 Å². The van der Waals surface area contributed by atoms with E-state index < -0.39 is 0 Å². The smallest absolute Gasteiger partial charge is 0.253 e. The summed E-state index contributed by atoms with van der Waals surface area (Å²) >= 11 is 0. The number of halogens is 1. The van der Waals surface area contributed by atoms with E-state index in [0.717, 1.165) is 5.65 Å². The molecule has 26 heavy (non-hydrogen) atoms. The number of hydrogen-bond donors (Lipinski definition) is 1. The van der Waals surface area contributed by atoms with Gasteiger partial charge in [-0.05, 0) is 24.3 Å². The summed E-state index contributed by atoms with van der Waals surface area (Å²) in [5, 5.41) is 2.96. The number of hydrogen-bond acceptors (Lipinski definition) is 4. The molecule has 134 valence electrons. The van der Waals surface area contributed by atoms with Gasteiger partial charge in [-0.15, -0.1) is 0 Å². The summed E-state index contributed by atoms with van der Waals surface area (Å²) in [5.74, 6) is -0.135. The second-order valence-corrected chi connectivity index (χ2v) is 6.17. The molecule has 1 aromatic carbocycles. The van der Waals surface area contributed by atoms with Gasteiger partial charge in [0.2, 0.25) is 0 Å². The van der Waals surface area contributed by atoms with Crippen LogP contribution < -0.4 is 10.1 Å². The van der Waals surface area contributed by atoms with E-state index in [1.165, 1.54) is 12.1 Å². The lowest BCUT2D eigenvalue weighted by Gasteiger charge is -2.32. The lowest BCUT2D eigenvalue weighted by molar-refractivity contribution is -0.00298. The Morgan fingerprint density at radius 2 is 2.27 bits per heavy atom. The Hall–Kier alpha value is -2.93. The summed E-state index contributed by atoms with van der Waals surface area (Å²) in [5.41, 5.74) is 1.29. The van der Waals surface area contributed by atoms with Crippen molar-refractivity contribution in [1.29, 1.82) is 0 Å². The number of ether oxygens (including phenoxy) is 2. The van der Waals surface area contributed by atoms with Crippen LogP contribution in [0.3, 0.4) is 0 Å². The Morgan fingerprint density at radius 1 is 1.35 bits per heavy atom. The van der Waals surface area contributed by atoms with Crippen LogP contribution in [0, 0.1) is 5.82 Å². The highest BCUT2D eigenvalue weighted by molar-refractivity contribution is 5.94. The van der Waals surface area contributed by atoms with Gasteiger partial charge >= 0.3 is 0 Å². The minimum absolute atomic E-state index is 0.219. The van der Waals surface area contributed by atoms with Gasteiger partial charge in [-0.1, -0.05) is 6.07 Å². The fourth-order valence-electron chi connectivity index (χ4n) is 3.02. The van der Waals surface area contributed by atoms with Crippen LogP contribution in [-0.4, -0.2) is 40.7 Å². The quantitative estimate of drug-likeness (QED) is 0.781. The van der Waals surface area contributed by atoms with Gasteiger partial charge in [0.15, 0.2) is 0 Å². The molecule has 0 bridgehead atoms. The summed E-state index contributed by atoms with van der Waals surface area (Å²) in [7, 11) is 0. The Morgan fingerprint density at radius 3 is 3.15 bits per heavy atom. The largest absolute Gasteiger partial charge is 0.488 e. The standard InChI is InChI=1S/C19H18FN3O3/c20-14-2-1-3-15(10-14)26-17-6-9-25-12-16(17)22-19(24)13-4-5-18-21-7-8-23(18)11-13/h1-5,7-8,10-11,16-17H,6,9,12H2,(H,22,24)/t16-,17+/m1/s1. The van der Waals surface area contributed by atoms with Crippen molar-refractivity contribution in [2.45, 2.75) is 18.6 Å². The third kappa shape index (κ3) is 3.52. The molecule has 7 heteroatoms. The molecule has 2 atom stereocenters. The molecule has 1 aliphatic rings. The molecule has 0 aliphatic carbocycles. The molecule has 4 rings (SSSR count). The van der Waals surface area contributed by atoms with Gasteiger partial charge in [-0.2, -0.15) is 0 Å². The lowest BCUT2D eigenvalue weighted by Crippen LogP contribution is -2.51. The number of pyridine rings is 1. The van der Waals surface area contributed by atoms with Crippen molar-refractivity contribution >= 4 is 11.6 Å². The van der Waals surface area contributed by atoms with Crippen molar-refractivity contribution in [3.05, 3.63) is 66.4 Å². The van der Waals surface area contributed by atoms with Crippen LogP contribution in [0.4, 0.5) is 4.39 Å². The predicted molar refractivity (Wildman–Crippen MR) is 92.7 cm³/mol. The van der Waals surface area contributed by atoms with Crippen molar-refractivity contribution < 1.29 is 18.7 Å². The summed E-state index contributed by atoms with van der Waals surface area (Å²) in [6.07, 6.45) is 5.51. The zero-order valence-electron chi connectivity index (χ0n) is 14.0. The van der Waals surface area contributed by atoms with Crippen molar-refractivity contribution in [2.24, 2.45) is 0 Å². The number of carbonyl (C=O) groups excluding carboxylic acids is 1. The topological polar surface area (TPSA) is 64.9 Å². The minimum Gasteiger partial charge on any atom is -0.488 e. The van der Waals surface area contributed by atoms with Crippen LogP contribution in [0.2, 0.25) is 0 Å². The molecule has 6 nitrogen and oxygen atoms in total. The molecule has 3 aromatic rings. The maximum absolute atomic E-state index is 13.4. The van der Waals surface area contributed by atoms with E-state index in [-0.39, 0.29) is 23.9 Å². The number of nitrogens with one attached hydrogen (secondary N) is 1. The van der Waals surface area contributed by atoms with Crippen molar-refractivity contribution in [1.82, 2.24) is 14.7 Å². The average Bonchev–Trinajstić information content (AvgIpc) is 3.11. The SMILES string of the molecule is O=C(N[C@@H]1COCC[C@@H]1Oc1cccc(F)c1)c1ccc2nccn2c1. The predicted octanol–water partition coefficient (Wildman–Crippen LogP) is 2.44. The Balaban J connectivity index is 1.48. The highest BCUT2D eigenvalue weighted by Crippen LogP contribution is 2.19. The fourth-order valence-corrected chi connectivity index (χ4v) is 3.02. The van der Waals surface area contributed by atoms with E-state index in [2.05, 4.69) is 10.3 Å². The number of amides is 1. The van der Waals surface area contributed by atoms with Gasteiger partial charge in [-0.25, -0.2) is 9.37 Å². The zero-order chi connectivity index (χ0) is 17.9. The van der Waals surface area contributed by atoms with Gasteiger partial charge in [-0.3, -0.25) is 4.79 Å². The summed E-state index contributed by atoms with van der Waals surface area (Å²) < 4.78 is 26.5. The van der Waals surface area contributed by atoms with Gasteiger partial charge in [0, 0.05) is 31.1 Å². The van der Waals surface area contributed by atoms with Crippen LogP contribution in [0.25, 0.3) is 5.65 Å². The molecule has 2 aromatic heterocycles. The molecule has 1 N–H and O–H groups in total. The van der Waals surface area contributed by atoms with Crippen LogP contribution in [0.15, 0.2) is 55.0 Å². The molecule has 0 spiro atoms. The van der Waals surface area contributed by atoms with E-state index in [0.29, 0.717) is 30.9 Å². The Labute approximate surface area is 149 Å². The minimum atomic E-state index is -0.358. The molecule has 1 saturated heterocycles. The molecule has 0 saturated carbocycles. The normalized spacial score (nSPS) is 20.0. The molecule has 0 radical (unpaired) electrons. The Bertz CT molecular complexity index is 927. The first kappa shape index (κ1) is 16.5.